The molecular formula is C12H17N3O4. The van der Waals surface area contributed by atoms with Crippen LogP contribution in [0.2, 0.25) is 0 Å². The van der Waals surface area contributed by atoms with E-state index in [1.54, 1.807) is 4.90 Å². The molecule has 7 heteroatoms. The summed E-state index contributed by atoms with van der Waals surface area (Å²) in [6.45, 7) is 2.86. The Morgan fingerprint density at radius 3 is 2.16 bits per heavy atom. The molecule has 7 nitrogen and oxygen atoms in total. The predicted molar refractivity (Wildman–Crippen MR) is 69.5 cm³/mol. The molecule has 1 fully saturated rings. The zero-order chi connectivity index (χ0) is 14.0. The number of piperazine rings is 1. The van der Waals surface area contributed by atoms with Gasteiger partial charge in [-0.1, -0.05) is 0 Å². The maximum Gasteiger partial charge on any atom is 0.321 e. The molecule has 104 valence electrons. The summed E-state index contributed by atoms with van der Waals surface area (Å²) in [5, 5.41) is 30.5. The molecule has 1 heterocycles. The Hall–Kier alpha value is -2.15. The van der Waals surface area contributed by atoms with Gasteiger partial charge in [0.25, 0.3) is 0 Å². The molecule has 2 amide bonds. The zero-order valence-corrected chi connectivity index (χ0v) is 10.6. The Morgan fingerprint density at radius 2 is 1.63 bits per heavy atom. The minimum atomic E-state index is -0.599. The number of phenols is 3. The number of nitrogens with zero attached hydrogens (tertiary/aromatic N) is 2. The molecule has 4 N–H and O–H groups in total. The molecule has 0 spiro atoms. The molecule has 0 atom stereocenters. The van der Waals surface area contributed by atoms with E-state index in [9.17, 15) is 20.1 Å². The number of urea groups is 1. The monoisotopic (exact) mass is 267 g/mol. The fraction of sp³-hybridized carbons (Fsp3) is 0.417. The van der Waals surface area contributed by atoms with Crippen molar-refractivity contribution >= 4 is 11.7 Å². The van der Waals surface area contributed by atoms with Crippen molar-refractivity contribution in [3.05, 3.63) is 12.1 Å². The molecule has 1 aromatic carbocycles. The first-order valence-electron chi connectivity index (χ1n) is 5.97. The van der Waals surface area contributed by atoms with E-state index in [0.717, 1.165) is 13.1 Å². The number of aromatic hydroxyl groups is 3. The van der Waals surface area contributed by atoms with Crippen molar-refractivity contribution in [3.63, 3.8) is 0 Å². The number of anilines is 1. The number of carbonyl (C=O) groups is 1. The summed E-state index contributed by atoms with van der Waals surface area (Å²) >= 11 is 0. The molecule has 0 radical (unpaired) electrons. The van der Waals surface area contributed by atoms with Gasteiger partial charge in [0.1, 0.15) is 0 Å². The predicted octanol–water partition coefficient (Wildman–Crippen LogP) is 0.583. The summed E-state index contributed by atoms with van der Waals surface area (Å²) in [6.07, 6.45) is 0. The van der Waals surface area contributed by atoms with Crippen molar-refractivity contribution in [2.45, 2.75) is 0 Å². The van der Waals surface area contributed by atoms with Crippen LogP contribution in [0.25, 0.3) is 0 Å². The fourth-order valence-electron chi connectivity index (χ4n) is 1.89. The molecule has 0 aromatic heterocycles. The molecule has 1 saturated heterocycles. The van der Waals surface area contributed by atoms with Gasteiger partial charge in [-0.25, -0.2) is 4.79 Å². The summed E-state index contributed by atoms with van der Waals surface area (Å²) in [5.41, 5.74) is 0.233. The minimum absolute atomic E-state index is 0.233. The molecule has 0 bridgehead atoms. The van der Waals surface area contributed by atoms with Crippen LogP contribution in [0.4, 0.5) is 10.5 Å². The van der Waals surface area contributed by atoms with Gasteiger partial charge in [-0.3, -0.25) is 0 Å². The van der Waals surface area contributed by atoms with Crippen molar-refractivity contribution < 1.29 is 20.1 Å². The summed E-state index contributed by atoms with van der Waals surface area (Å²) in [7, 11) is 1.99. The van der Waals surface area contributed by atoms with E-state index in [2.05, 4.69) is 10.2 Å². The molecule has 2 rings (SSSR count). The average Bonchev–Trinajstić information content (AvgIpc) is 2.36. The number of benzene rings is 1. The van der Waals surface area contributed by atoms with E-state index in [-0.39, 0.29) is 11.7 Å². The maximum atomic E-state index is 12.0. The lowest BCUT2D eigenvalue weighted by Gasteiger charge is -2.32. The smallest absolute Gasteiger partial charge is 0.321 e. The lowest BCUT2D eigenvalue weighted by Crippen LogP contribution is -2.48. The van der Waals surface area contributed by atoms with Crippen LogP contribution in [0.5, 0.6) is 17.2 Å². The summed E-state index contributed by atoms with van der Waals surface area (Å²) in [6, 6.07) is 2.07. The van der Waals surface area contributed by atoms with Crippen LogP contribution >= 0.6 is 0 Å². The minimum Gasteiger partial charge on any atom is -0.504 e. The topological polar surface area (TPSA) is 96.3 Å². The molecule has 1 aliphatic rings. The highest BCUT2D eigenvalue weighted by Gasteiger charge is 2.19. The Labute approximate surface area is 110 Å². The number of hydrogen-bond donors (Lipinski definition) is 4. The number of rotatable bonds is 1. The number of phenolic OH excluding ortho intramolecular Hbond substituents is 3. The largest absolute Gasteiger partial charge is 0.504 e. The summed E-state index contributed by atoms with van der Waals surface area (Å²) in [5.74, 6) is -1.56. The van der Waals surface area contributed by atoms with Crippen LogP contribution in [0.3, 0.4) is 0 Å². The molecule has 1 aromatic rings. The van der Waals surface area contributed by atoms with Crippen LogP contribution in [-0.2, 0) is 0 Å². The Kier molecular flexibility index (Phi) is 3.66. The van der Waals surface area contributed by atoms with Gasteiger partial charge in [0, 0.05) is 38.3 Å². The number of nitrogens with one attached hydrogen (secondary N) is 1. The molecule has 19 heavy (non-hydrogen) atoms. The van der Waals surface area contributed by atoms with Gasteiger partial charge >= 0.3 is 6.03 Å². The Balaban J connectivity index is 2.03. The first-order valence-corrected chi connectivity index (χ1v) is 5.97. The second-order valence-corrected chi connectivity index (χ2v) is 4.58. The SMILES string of the molecule is CN1CCN(C(=O)Nc2cc(O)c(O)c(O)c2)CC1. The van der Waals surface area contributed by atoms with Crippen LogP contribution < -0.4 is 5.32 Å². The normalized spacial score (nSPS) is 16.4. The molecular weight excluding hydrogens is 250 g/mol. The second kappa shape index (κ2) is 5.23. The Morgan fingerprint density at radius 1 is 1.11 bits per heavy atom. The van der Waals surface area contributed by atoms with Gasteiger partial charge in [-0.2, -0.15) is 0 Å². The highest BCUT2D eigenvalue weighted by Crippen LogP contribution is 2.37. The van der Waals surface area contributed by atoms with E-state index in [4.69, 9.17) is 0 Å². The second-order valence-electron chi connectivity index (χ2n) is 4.58. The third-order valence-electron chi connectivity index (χ3n) is 3.11. The van der Waals surface area contributed by atoms with Crippen molar-refractivity contribution in [1.29, 1.82) is 0 Å². The number of amides is 2. The van der Waals surface area contributed by atoms with Gasteiger partial charge < -0.3 is 30.4 Å². The van der Waals surface area contributed by atoms with E-state index >= 15 is 0 Å². The zero-order valence-electron chi connectivity index (χ0n) is 10.6. The number of hydrogen-bond acceptors (Lipinski definition) is 5. The number of carbonyl (C=O) groups excluding carboxylic acids is 1. The quantitative estimate of drug-likeness (QED) is 0.441. The lowest BCUT2D eigenvalue weighted by atomic mass is 10.2. The fourth-order valence-corrected chi connectivity index (χ4v) is 1.89. The van der Waals surface area contributed by atoms with Crippen LogP contribution in [0, 0.1) is 0 Å². The van der Waals surface area contributed by atoms with Crippen LogP contribution in [-0.4, -0.2) is 64.4 Å². The third kappa shape index (κ3) is 3.00. The molecule has 0 saturated carbocycles. The first kappa shape index (κ1) is 13.3. The van der Waals surface area contributed by atoms with Crippen molar-refractivity contribution in [1.82, 2.24) is 9.80 Å². The summed E-state index contributed by atoms with van der Waals surface area (Å²) < 4.78 is 0. The van der Waals surface area contributed by atoms with Crippen molar-refractivity contribution in [2.75, 3.05) is 38.5 Å². The Bertz CT molecular complexity index is 461. The van der Waals surface area contributed by atoms with E-state index in [1.165, 1.54) is 12.1 Å². The van der Waals surface area contributed by atoms with E-state index in [1.807, 2.05) is 7.05 Å². The van der Waals surface area contributed by atoms with Gasteiger partial charge in [0.05, 0.1) is 5.69 Å². The highest BCUT2D eigenvalue weighted by molar-refractivity contribution is 5.90. The van der Waals surface area contributed by atoms with Crippen LogP contribution in [0.15, 0.2) is 12.1 Å². The molecule has 0 unspecified atom stereocenters. The maximum absolute atomic E-state index is 12.0. The summed E-state index contributed by atoms with van der Waals surface area (Å²) in [4.78, 5) is 15.7. The van der Waals surface area contributed by atoms with Gasteiger partial charge in [-0.05, 0) is 7.05 Å². The molecule has 0 aliphatic carbocycles. The number of likely N-dealkylation sites (N-methyl/N-ethyl adjacent to an activating group) is 1. The third-order valence-corrected chi connectivity index (χ3v) is 3.11. The van der Waals surface area contributed by atoms with E-state index < -0.39 is 17.2 Å². The van der Waals surface area contributed by atoms with E-state index in [0.29, 0.717) is 13.1 Å². The van der Waals surface area contributed by atoms with Gasteiger partial charge in [-0.15, -0.1) is 0 Å². The molecule has 1 aliphatic heterocycles. The highest BCUT2D eigenvalue weighted by atomic mass is 16.3. The first-order chi connectivity index (χ1) is 8.97. The van der Waals surface area contributed by atoms with Gasteiger partial charge in [0.15, 0.2) is 17.2 Å². The lowest BCUT2D eigenvalue weighted by molar-refractivity contribution is 0.164. The van der Waals surface area contributed by atoms with Crippen LogP contribution in [0.1, 0.15) is 0 Å². The average molecular weight is 267 g/mol. The van der Waals surface area contributed by atoms with Crippen molar-refractivity contribution in [2.24, 2.45) is 0 Å². The standard InChI is InChI=1S/C12H17N3O4/c1-14-2-4-15(5-3-14)12(19)13-8-6-9(16)11(18)10(17)7-8/h6-7,16-18H,2-5H2,1H3,(H,13,19). The van der Waals surface area contributed by atoms with Gasteiger partial charge in [0.2, 0.25) is 0 Å². The van der Waals surface area contributed by atoms with Crippen molar-refractivity contribution in [3.8, 4) is 17.2 Å².